The summed E-state index contributed by atoms with van der Waals surface area (Å²) in [4.78, 5) is 4.12. The normalized spacial score (nSPS) is 9.40. The largest absolute Gasteiger partial charge is 0.481 e. The standard InChI is InChI=1S/C8H10NO/c1-3-7-5-4-6-8(9-7)10-2/h4-6H,1,3H2,2H3. The van der Waals surface area contributed by atoms with Gasteiger partial charge in [0.1, 0.15) is 0 Å². The molecule has 1 aromatic rings. The molecule has 0 amide bonds. The fraction of sp³-hybridized carbons (Fsp3) is 0.250. The summed E-state index contributed by atoms with van der Waals surface area (Å²) in [5, 5.41) is 0. The van der Waals surface area contributed by atoms with Crippen molar-refractivity contribution in [2.45, 2.75) is 6.42 Å². The zero-order chi connectivity index (χ0) is 7.40. The monoisotopic (exact) mass is 136 g/mol. The highest BCUT2D eigenvalue weighted by Crippen LogP contribution is 2.05. The van der Waals surface area contributed by atoms with Crippen LogP contribution in [-0.4, -0.2) is 12.1 Å². The number of nitrogens with zero attached hydrogens (tertiary/aromatic N) is 1. The van der Waals surface area contributed by atoms with Gasteiger partial charge >= 0.3 is 0 Å². The number of ether oxygens (including phenoxy) is 1. The molecule has 0 aliphatic rings. The van der Waals surface area contributed by atoms with Crippen LogP contribution in [0.3, 0.4) is 0 Å². The summed E-state index contributed by atoms with van der Waals surface area (Å²) in [6.07, 6.45) is 0.706. The molecule has 2 nitrogen and oxygen atoms in total. The van der Waals surface area contributed by atoms with Crippen LogP contribution in [0.1, 0.15) is 5.69 Å². The summed E-state index contributed by atoms with van der Waals surface area (Å²) in [5.74, 6) is 0.654. The van der Waals surface area contributed by atoms with E-state index in [0.717, 1.165) is 5.69 Å². The lowest BCUT2D eigenvalue weighted by Gasteiger charge is -1.98. The van der Waals surface area contributed by atoms with Gasteiger partial charge in [0.05, 0.1) is 7.11 Å². The van der Waals surface area contributed by atoms with E-state index >= 15 is 0 Å². The minimum atomic E-state index is 0.654. The molecule has 53 valence electrons. The van der Waals surface area contributed by atoms with Crippen LogP contribution in [0.15, 0.2) is 18.2 Å². The Hall–Kier alpha value is -1.05. The fourth-order valence-electron chi connectivity index (χ4n) is 0.710. The Balaban J connectivity index is 2.87. The molecule has 1 heterocycles. The molecule has 0 N–H and O–H groups in total. The molecule has 0 saturated heterocycles. The van der Waals surface area contributed by atoms with Crippen molar-refractivity contribution >= 4 is 0 Å². The van der Waals surface area contributed by atoms with Crippen LogP contribution in [-0.2, 0) is 6.42 Å². The van der Waals surface area contributed by atoms with Crippen molar-refractivity contribution in [2.24, 2.45) is 0 Å². The van der Waals surface area contributed by atoms with E-state index in [1.165, 1.54) is 0 Å². The van der Waals surface area contributed by atoms with Crippen LogP contribution in [0, 0.1) is 6.92 Å². The Morgan fingerprint density at radius 2 is 2.40 bits per heavy atom. The molecule has 0 aliphatic heterocycles. The summed E-state index contributed by atoms with van der Waals surface area (Å²) in [6.45, 7) is 3.71. The van der Waals surface area contributed by atoms with Crippen LogP contribution in [0.25, 0.3) is 0 Å². The number of pyridine rings is 1. The minimum absolute atomic E-state index is 0.654. The van der Waals surface area contributed by atoms with Crippen LogP contribution in [0.4, 0.5) is 0 Å². The maximum atomic E-state index is 4.92. The highest BCUT2D eigenvalue weighted by atomic mass is 16.5. The summed E-state index contributed by atoms with van der Waals surface area (Å²) in [6, 6.07) is 5.65. The first-order valence-corrected chi connectivity index (χ1v) is 3.16. The van der Waals surface area contributed by atoms with E-state index in [9.17, 15) is 0 Å². The van der Waals surface area contributed by atoms with Crippen LogP contribution in [0.5, 0.6) is 5.88 Å². The van der Waals surface area contributed by atoms with Gasteiger partial charge in [-0.15, -0.1) is 0 Å². The molecular weight excluding hydrogens is 126 g/mol. The Morgan fingerprint density at radius 3 is 3.00 bits per heavy atom. The lowest BCUT2D eigenvalue weighted by atomic mass is 10.3. The van der Waals surface area contributed by atoms with Gasteiger partial charge in [0.15, 0.2) is 0 Å². The van der Waals surface area contributed by atoms with Crippen molar-refractivity contribution in [1.29, 1.82) is 0 Å². The number of methoxy groups -OCH3 is 1. The summed E-state index contributed by atoms with van der Waals surface area (Å²) >= 11 is 0. The van der Waals surface area contributed by atoms with Crippen molar-refractivity contribution in [3.8, 4) is 5.88 Å². The average Bonchev–Trinajstić information content (AvgIpc) is 2.05. The number of aromatic nitrogens is 1. The van der Waals surface area contributed by atoms with E-state index in [-0.39, 0.29) is 0 Å². The zero-order valence-corrected chi connectivity index (χ0v) is 6.00. The maximum absolute atomic E-state index is 4.92. The van der Waals surface area contributed by atoms with E-state index in [0.29, 0.717) is 12.3 Å². The molecule has 0 atom stereocenters. The van der Waals surface area contributed by atoms with Gasteiger partial charge in [-0.3, -0.25) is 0 Å². The number of hydrogen-bond acceptors (Lipinski definition) is 2. The van der Waals surface area contributed by atoms with Crippen molar-refractivity contribution in [3.05, 3.63) is 30.8 Å². The quantitative estimate of drug-likeness (QED) is 0.614. The smallest absolute Gasteiger partial charge is 0.213 e. The molecule has 10 heavy (non-hydrogen) atoms. The molecule has 2 heteroatoms. The van der Waals surface area contributed by atoms with Crippen molar-refractivity contribution in [3.63, 3.8) is 0 Å². The molecular formula is C8H10NO. The molecule has 1 rings (SSSR count). The molecule has 1 aromatic heterocycles. The molecule has 0 spiro atoms. The van der Waals surface area contributed by atoms with Crippen LogP contribution >= 0.6 is 0 Å². The Morgan fingerprint density at radius 1 is 1.60 bits per heavy atom. The Bertz CT molecular complexity index is 191. The van der Waals surface area contributed by atoms with Gasteiger partial charge in [-0.2, -0.15) is 0 Å². The number of rotatable bonds is 2. The molecule has 0 bridgehead atoms. The fourth-order valence-corrected chi connectivity index (χ4v) is 0.710. The third kappa shape index (κ3) is 1.47. The molecule has 0 fully saturated rings. The second-order valence-corrected chi connectivity index (χ2v) is 1.92. The molecule has 0 aliphatic carbocycles. The first-order chi connectivity index (χ1) is 4.86. The van der Waals surface area contributed by atoms with Crippen molar-refractivity contribution in [2.75, 3.05) is 7.11 Å². The van der Waals surface area contributed by atoms with Crippen molar-refractivity contribution < 1.29 is 4.74 Å². The average molecular weight is 136 g/mol. The van der Waals surface area contributed by atoms with E-state index in [1.807, 2.05) is 18.2 Å². The highest BCUT2D eigenvalue weighted by molar-refractivity contribution is 5.15. The van der Waals surface area contributed by atoms with E-state index in [2.05, 4.69) is 11.9 Å². The van der Waals surface area contributed by atoms with Gasteiger partial charge in [-0.05, 0) is 19.4 Å². The first kappa shape index (κ1) is 7.06. The van der Waals surface area contributed by atoms with E-state index in [4.69, 9.17) is 4.74 Å². The van der Waals surface area contributed by atoms with Gasteiger partial charge in [-0.25, -0.2) is 4.98 Å². The lowest BCUT2D eigenvalue weighted by molar-refractivity contribution is 0.396. The second kappa shape index (κ2) is 3.20. The summed E-state index contributed by atoms with van der Waals surface area (Å²) in [5.41, 5.74) is 0.958. The topological polar surface area (TPSA) is 22.1 Å². The zero-order valence-electron chi connectivity index (χ0n) is 6.00. The maximum Gasteiger partial charge on any atom is 0.213 e. The lowest BCUT2D eigenvalue weighted by Crippen LogP contribution is -1.90. The highest BCUT2D eigenvalue weighted by Gasteiger charge is 1.92. The molecule has 0 unspecified atom stereocenters. The molecule has 1 radical (unpaired) electrons. The Kier molecular flexibility index (Phi) is 2.26. The van der Waals surface area contributed by atoms with Crippen LogP contribution in [0.2, 0.25) is 0 Å². The summed E-state index contributed by atoms with van der Waals surface area (Å²) in [7, 11) is 1.61. The second-order valence-electron chi connectivity index (χ2n) is 1.92. The summed E-state index contributed by atoms with van der Waals surface area (Å²) < 4.78 is 4.92. The first-order valence-electron chi connectivity index (χ1n) is 3.16. The SMILES string of the molecule is [CH2]Cc1cccc(OC)n1. The number of hydrogen-bond donors (Lipinski definition) is 0. The predicted octanol–water partition coefficient (Wildman–Crippen LogP) is 1.47. The third-order valence-electron chi connectivity index (χ3n) is 1.25. The van der Waals surface area contributed by atoms with Gasteiger partial charge in [-0.1, -0.05) is 6.07 Å². The van der Waals surface area contributed by atoms with Gasteiger partial charge < -0.3 is 4.74 Å². The molecule has 0 aromatic carbocycles. The molecule has 0 saturated carbocycles. The van der Waals surface area contributed by atoms with E-state index < -0.39 is 0 Å². The van der Waals surface area contributed by atoms with E-state index in [1.54, 1.807) is 7.11 Å². The third-order valence-corrected chi connectivity index (χ3v) is 1.25. The van der Waals surface area contributed by atoms with Gasteiger partial charge in [0.25, 0.3) is 0 Å². The minimum Gasteiger partial charge on any atom is -0.481 e. The van der Waals surface area contributed by atoms with Crippen molar-refractivity contribution in [1.82, 2.24) is 4.98 Å². The van der Waals surface area contributed by atoms with Crippen LogP contribution < -0.4 is 4.74 Å². The van der Waals surface area contributed by atoms with Gasteiger partial charge in [0.2, 0.25) is 5.88 Å². The Labute approximate surface area is 60.9 Å². The van der Waals surface area contributed by atoms with Gasteiger partial charge in [0, 0.05) is 11.8 Å². The predicted molar refractivity (Wildman–Crippen MR) is 39.9 cm³/mol.